The number of hydrogen-bond acceptors (Lipinski definition) is 4. The van der Waals surface area contributed by atoms with E-state index in [2.05, 4.69) is 20.2 Å². The van der Waals surface area contributed by atoms with Crippen LogP contribution >= 0.6 is 0 Å². The molecule has 0 atom stereocenters. The van der Waals surface area contributed by atoms with Gasteiger partial charge in [-0.15, -0.1) is 0 Å². The van der Waals surface area contributed by atoms with Gasteiger partial charge in [0.15, 0.2) is 0 Å². The van der Waals surface area contributed by atoms with Gasteiger partial charge < -0.3 is 10.1 Å². The second kappa shape index (κ2) is 4.13. The highest BCUT2D eigenvalue weighted by Gasteiger charge is 2.15. The van der Waals surface area contributed by atoms with E-state index in [1.54, 1.807) is 6.07 Å². The summed E-state index contributed by atoms with van der Waals surface area (Å²) in [6.45, 7) is 0. The Morgan fingerprint density at radius 3 is 2.84 bits per heavy atom. The van der Waals surface area contributed by atoms with Crippen molar-refractivity contribution in [2.75, 3.05) is 0 Å². The fourth-order valence-electron chi connectivity index (χ4n) is 1.81. The summed E-state index contributed by atoms with van der Waals surface area (Å²) in [5.74, 6) is -1.44. The number of rotatable bonds is 2. The van der Waals surface area contributed by atoms with Crippen LogP contribution in [0.15, 0.2) is 30.6 Å². The number of aromatic nitrogens is 4. The second-order valence-corrected chi connectivity index (χ2v) is 3.87. The molecule has 0 saturated carbocycles. The Hall–Kier alpha value is -2.83. The number of aromatic amines is 1. The van der Waals surface area contributed by atoms with Crippen LogP contribution in [0.1, 0.15) is 10.4 Å². The number of carboxylic acids is 1. The number of halogens is 1. The van der Waals surface area contributed by atoms with Gasteiger partial charge in [0.05, 0.1) is 23.5 Å². The molecule has 0 aliphatic carbocycles. The van der Waals surface area contributed by atoms with Gasteiger partial charge in [0.1, 0.15) is 17.2 Å². The minimum Gasteiger partial charge on any atom is -0.478 e. The van der Waals surface area contributed by atoms with Crippen molar-refractivity contribution in [1.82, 2.24) is 20.2 Å². The van der Waals surface area contributed by atoms with Crippen molar-refractivity contribution in [3.05, 3.63) is 42.0 Å². The molecular formula is C12H7FN4O2. The minimum atomic E-state index is -1.23. The number of nitrogens with one attached hydrogen (secondary N) is 1. The number of imidazole rings is 1. The maximum absolute atomic E-state index is 13.3. The zero-order valence-electron chi connectivity index (χ0n) is 9.46. The van der Waals surface area contributed by atoms with Crippen LogP contribution in [-0.2, 0) is 0 Å². The summed E-state index contributed by atoms with van der Waals surface area (Å²) in [5, 5.41) is 16.4. The number of hydrogen-bond donors (Lipinski definition) is 2. The van der Waals surface area contributed by atoms with E-state index in [9.17, 15) is 9.18 Å². The molecule has 3 rings (SSSR count). The normalized spacial score (nSPS) is 10.8. The van der Waals surface area contributed by atoms with Crippen molar-refractivity contribution < 1.29 is 14.3 Å². The van der Waals surface area contributed by atoms with Crippen LogP contribution in [0.25, 0.3) is 22.4 Å². The molecule has 1 aromatic carbocycles. The Labute approximate surface area is 105 Å². The predicted molar refractivity (Wildman–Crippen MR) is 64.0 cm³/mol. The quantitative estimate of drug-likeness (QED) is 0.731. The van der Waals surface area contributed by atoms with Crippen molar-refractivity contribution >= 4 is 17.0 Å². The number of nitrogens with zero attached hydrogens (tertiary/aromatic N) is 3. The predicted octanol–water partition coefficient (Wildman–Crippen LogP) is 1.86. The van der Waals surface area contributed by atoms with E-state index in [4.69, 9.17) is 5.11 Å². The van der Waals surface area contributed by atoms with Crippen LogP contribution < -0.4 is 0 Å². The third kappa shape index (κ3) is 1.90. The lowest BCUT2D eigenvalue weighted by Gasteiger charge is -1.95. The maximum atomic E-state index is 13.3. The van der Waals surface area contributed by atoms with Crippen molar-refractivity contribution in [1.29, 1.82) is 0 Å². The molecule has 3 aromatic rings. The van der Waals surface area contributed by atoms with Crippen LogP contribution in [0.5, 0.6) is 0 Å². The molecular weight excluding hydrogens is 251 g/mol. The number of carboxylic acid groups (broad SMARTS) is 1. The van der Waals surface area contributed by atoms with Gasteiger partial charge in [-0.3, -0.25) is 0 Å². The second-order valence-electron chi connectivity index (χ2n) is 3.87. The summed E-state index contributed by atoms with van der Waals surface area (Å²) in [6, 6.07) is 3.81. The van der Waals surface area contributed by atoms with Gasteiger partial charge in [-0.2, -0.15) is 10.2 Å². The number of fused-ring (bicyclic) bond motifs is 1. The van der Waals surface area contributed by atoms with Gasteiger partial charge in [-0.1, -0.05) is 0 Å². The van der Waals surface area contributed by atoms with E-state index in [1.807, 2.05) is 0 Å². The smallest absolute Gasteiger partial charge is 0.338 e. The molecule has 0 fully saturated rings. The third-order valence-corrected chi connectivity index (χ3v) is 2.64. The first-order valence-electron chi connectivity index (χ1n) is 5.35. The highest BCUT2D eigenvalue weighted by Crippen LogP contribution is 2.23. The van der Waals surface area contributed by atoms with Gasteiger partial charge in [0, 0.05) is 5.56 Å². The summed E-state index contributed by atoms with van der Waals surface area (Å²) in [7, 11) is 0. The molecule has 0 aliphatic heterocycles. The molecule has 2 aromatic heterocycles. The topological polar surface area (TPSA) is 91.8 Å². The lowest BCUT2D eigenvalue weighted by atomic mass is 10.2. The van der Waals surface area contributed by atoms with Crippen molar-refractivity contribution in [3.8, 4) is 11.4 Å². The molecule has 0 saturated heterocycles. The molecule has 2 heterocycles. The van der Waals surface area contributed by atoms with Gasteiger partial charge >= 0.3 is 5.97 Å². The lowest BCUT2D eigenvalue weighted by molar-refractivity contribution is 0.0698. The Bertz CT molecular complexity index is 770. The third-order valence-electron chi connectivity index (χ3n) is 2.64. The van der Waals surface area contributed by atoms with Crippen molar-refractivity contribution in [2.24, 2.45) is 0 Å². The average Bonchev–Trinajstić information content (AvgIpc) is 2.82. The van der Waals surface area contributed by atoms with Gasteiger partial charge in [0.2, 0.25) is 0 Å². The fraction of sp³-hybridized carbons (Fsp3) is 0. The van der Waals surface area contributed by atoms with Gasteiger partial charge in [-0.05, 0) is 18.2 Å². The molecule has 0 bridgehead atoms. The number of aromatic carboxylic acids is 1. The largest absolute Gasteiger partial charge is 0.478 e. The van der Waals surface area contributed by atoms with E-state index in [0.717, 1.165) is 6.07 Å². The summed E-state index contributed by atoms with van der Waals surface area (Å²) in [6.07, 6.45) is 2.97. The molecule has 94 valence electrons. The lowest BCUT2D eigenvalue weighted by Crippen LogP contribution is -1.98. The SMILES string of the molecule is O=C(O)c1cc(F)cc2[nH]c(-c3ccnnc3)nc12. The van der Waals surface area contributed by atoms with E-state index in [-0.39, 0.29) is 11.1 Å². The molecule has 7 heteroatoms. The van der Waals surface area contributed by atoms with Crippen molar-refractivity contribution in [2.45, 2.75) is 0 Å². The summed E-state index contributed by atoms with van der Waals surface area (Å²) in [4.78, 5) is 18.1. The molecule has 6 nitrogen and oxygen atoms in total. The standard InChI is InChI=1S/C12H7FN4O2/c13-7-3-8(12(18)19)10-9(4-7)16-11(17-10)6-1-2-14-15-5-6/h1-5H,(H,16,17)(H,18,19). The highest BCUT2D eigenvalue weighted by molar-refractivity contribution is 6.01. The maximum Gasteiger partial charge on any atom is 0.338 e. The van der Waals surface area contributed by atoms with E-state index in [0.29, 0.717) is 16.9 Å². The highest BCUT2D eigenvalue weighted by atomic mass is 19.1. The summed E-state index contributed by atoms with van der Waals surface area (Å²) < 4.78 is 13.3. The van der Waals surface area contributed by atoms with Gasteiger partial charge in [0.25, 0.3) is 0 Å². The van der Waals surface area contributed by atoms with Crippen LogP contribution in [0, 0.1) is 5.82 Å². The molecule has 19 heavy (non-hydrogen) atoms. The number of H-pyrrole nitrogens is 1. The number of carbonyl (C=O) groups is 1. The van der Waals surface area contributed by atoms with Crippen molar-refractivity contribution in [3.63, 3.8) is 0 Å². The molecule has 0 unspecified atom stereocenters. The zero-order valence-corrected chi connectivity index (χ0v) is 9.46. The van der Waals surface area contributed by atoms with E-state index < -0.39 is 11.8 Å². The Kier molecular flexibility index (Phi) is 2.45. The first-order chi connectivity index (χ1) is 9.15. The molecule has 0 spiro atoms. The average molecular weight is 258 g/mol. The molecule has 0 amide bonds. The van der Waals surface area contributed by atoms with Crippen LogP contribution in [-0.4, -0.2) is 31.2 Å². The fourth-order valence-corrected chi connectivity index (χ4v) is 1.81. The Balaban J connectivity index is 2.26. The first kappa shape index (κ1) is 11.3. The van der Waals surface area contributed by atoms with E-state index >= 15 is 0 Å². The molecule has 0 aliphatic rings. The zero-order chi connectivity index (χ0) is 13.4. The Morgan fingerprint density at radius 1 is 1.32 bits per heavy atom. The minimum absolute atomic E-state index is 0.181. The monoisotopic (exact) mass is 258 g/mol. The van der Waals surface area contributed by atoms with Crippen LogP contribution in [0.2, 0.25) is 0 Å². The van der Waals surface area contributed by atoms with E-state index in [1.165, 1.54) is 18.5 Å². The van der Waals surface area contributed by atoms with Crippen LogP contribution in [0.4, 0.5) is 4.39 Å². The number of benzene rings is 1. The first-order valence-corrected chi connectivity index (χ1v) is 5.35. The molecule has 2 N–H and O–H groups in total. The van der Waals surface area contributed by atoms with Gasteiger partial charge in [-0.25, -0.2) is 14.2 Å². The summed E-state index contributed by atoms with van der Waals surface area (Å²) >= 11 is 0. The van der Waals surface area contributed by atoms with Crippen LogP contribution in [0.3, 0.4) is 0 Å². The molecule has 0 radical (unpaired) electrons. The summed E-state index contributed by atoms with van der Waals surface area (Å²) in [5.41, 5.74) is 0.993. The Morgan fingerprint density at radius 2 is 2.16 bits per heavy atom.